The first-order valence-corrected chi connectivity index (χ1v) is 1.49. The molecular weight excluding hydrogens is 117 g/mol. The van der Waals surface area contributed by atoms with Crippen molar-refractivity contribution in [1.29, 1.82) is 0 Å². The lowest BCUT2D eigenvalue weighted by Crippen LogP contribution is -1.89. The molecule has 0 aliphatic carbocycles. The Morgan fingerprint density at radius 3 is 1.57 bits per heavy atom. The zero-order valence-corrected chi connectivity index (χ0v) is 5.16. The fourth-order valence-electron chi connectivity index (χ4n) is 0. The Morgan fingerprint density at radius 2 is 1.57 bits per heavy atom. The standard InChI is InChI=1S/C2H7N.CH2O2.ClH/c1-3-2;2-1-3;/h3H,1-2H3;1H,(H,2,3);1H. The molecule has 0 spiro atoms. The number of hydrogen-bond donors (Lipinski definition) is 2. The Balaban J connectivity index is -0.0000000400. The minimum Gasteiger partial charge on any atom is -0.483 e. The van der Waals surface area contributed by atoms with Crippen LogP contribution in [0.15, 0.2) is 0 Å². The van der Waals surface area contributed by atoms with Gasteiger partial charge in [0.1, 0.15) is 0 Å². The second-order valence-corrected chi connectivity index (χ2v) is 0.605. The maximum atomic E-state index is 8.36. The molecular formula is C3H10ClNO2. The second-order valence-electron chi connectivity index (χ2n) is 0.605. The molecule has 2 N–H and O–H groups in total. The zero-order chi connectivity index (χ0) is 5.41. The number of halogens is 1. The van der Waals surface area contributed by atoms with Crippen LogP contribution in [0.2, 0.25) is 0 Å². The summed E-state index contributed by atoms with van der Waals surface area (Å²) in [6, 6.07) is 0. The van der Waals surface area contributed by atoms with Gasteiger partial charge in [0.15, 0.2) is 0 Å². The van der Waals surface area contributed by atoms with Gasteiger partial charge in [-0.2, -0.15) is 0 Å². The molecule has 4 heteroatoms. The normalized spacial score (nSPS) is 4.29. The van der Waals surface area contributed by atoms with Gasteiger partial charge in [0.05, 0.1) is 0 Å². The highest BCUT2D eigenvalue weighted by molar-refractivity contribution is 5.85. The zero-order valence-electron chi connectivity index (χ0n) is 4.34. The van der Waals surface area contributed by atoms with Gasteiger partial charge >= 0.3 is 0 Å². The summed E-state index contributed by atoms with van der Waals surface area (Å²) >= 11 is 0. The molecule has 46 valence electrons. The van der Waals surface area contributed by atoms with Gasteiger partial charge in [0.2, 0.25) is 0 Å². The Morgan fingerprint density at radius 1 is 1.57 bits per heavy atom. The van der Waals surface area contributed by atoms with Gasteiger partial charge in [-0.1, -0.05) is 0 Å². The van der Waals surface area contributed by atoms with Crippen molar-refractivity contribution in [2.24, 2.45) is 0 Å². The molecule has 0 amide bonds. The molecule has 0 aromatic carbocycles. The third kappa shape index (κ3) is 1010. The molecule has 0 radical (unpaired) electrons. The molecule has 0 heterocycles. The smallest absolute Gasteiger partial charge is 0.290 e. The van der Waals surface area contributed by atoms with E-state index in [1.807, 2.05) is 14.1 Å². The van der Waals surface area contributed by atoms with Gasteiger partial charge in [-0.05, 0) is 14.1 Å². The number of carboxylic acid groups (broad SMARTS) is 1. The molecule has 0 aromatic heterocycles. The minimum atomic E-state index is -0.250. The summed E-state index contributed by atoms with van der Waals surface area (Å²) in [5.74, 6) is 0. The number of hydrogen-bond acceptors (Lipinski definition) is 2. The first-order valence-electron chi connectivity index (χ1n) is 1.49. The highest BCUT2D eigenvalue weighted by atomic mass is 35.5. The summed E-state index contributed by atoms with van der Waals surface area (Å²) in [6.45, 7) is -0.250. The van der Waals surface area contributed by atoms with Crippen LogP contribution < -0.4 is 5.32 Å². The Labute approximate surface area is 49.1 Å². The van der Waals surface area contributed by atoms with E-state index in [1.165, 1.54) is 0 Å². The van der Waals surface area contributed by atoms with Crippen molar-refractivity contribution in [3.63, 3.8) is 0 Å². The van der Waals surface area contributed by atoms with Gasteiger partial charge in [-0.3, -0.25) is 4.79 Å². The van der Waals surface area contributed by atoms with Crippen LogP contribution in [0.25, 0.3) is 0 Å². The van der Waals surface area contributed by atoms with E-state index in [0.717, 1.165) is 0 Å². The van der Waals surface area contributed by atoms with Crippen LogP contribution in [0.5, 0.6) is 0 Å². The van der Waals surface area contributed by atoms with E-state index in [9.17, 15) is 0 Å². The van der Waals surface area contributed by atoms with Crippen LogP contribution in [0.4, 0.5) is 0 Å². The highest BCUT2D eigenvalue weighted by Gasteiger charge is 1.25. The molecule has 0 saturated heterocycles. The number of rotatable bonds is 0. The largest absolute Gasteiger partial charge is 0.483 e. The Bertz CT molecular complexity index is 26.9. The predicted molar refractivity (Wildman–Crippen MR) is 30.9 cm³/mol. The molecule has 7 heavy (non-hydrogen) atoms. The molecule has 0 atom stereocenters. The van der Waals surface area contributed by atoms with Crippen LogP contribution in [0, 0.1) is 0 Å². The predicted octanol–water partition coefficient (Wildman–Crippen LogP) is -0.0418. The summed E-state index contributed by atoms with van der Waals surface area (Å²) in [5.41, 5.74) is 0. The van der Waals surface area contributed by atoms with Gasteiger partial charge in [0, 0.05) is 0 Å². The van der Waals surface area contributed by atoms with Gasteiger partial charge < -0.3 is 10.4 Å². The lowest BCUT2D eigenvalue weighted by molar-refractivity contribution is -0.122. The van der Waals surface area contributed by atoms with Gasteiger partial charge in [0.25, 0.3) is 6.47 Å². The van der Waals surface area contributed by atoms with Crippen molar-refractivity contribution in [3.05, 3.63) is 0 Å². The fourth-order valence-corrected chi connectivity index (χ4v) is 0. The number of carbonyl (C=O) groups is 1. The summed E-state index contributed by atoms with van der Waals surface area (Å²) in [6.07, 6.45) is 0. The van der Waals surface area contributed by atoms with Crippen molar-refractivity contribution < 1.29 is 9.90 Å². The molecule has 0 fully saturated rings. The van der Waals surface area contributed by atoms with E-state index in [1.54, 1.807) is 0 Å². The SMILES string of the molecule is CNC.Cl.O=CO. The Hall–Kier alpha value is -0.280. The highest BCUT2D eigenvalue weighted by Crippen LogP contribution is 0.981. The van der Waals surface area contributed by atoms with Gasteiger partial charge in [-0.25, -0.2) is 0 Å². The van der Waals surface area contributed by atoms with Crippen molar-refractivity contribution >= 4 is 18.9 Å². The van der Waals surface area contributed by atoms with E-state index in [4.69, 9.17) is 9.90 Å². The monoisotopic (exact) mass is 127 g/mol. The van der Waals surface area contributed by atoms with E-state index >= 15 is 0 Å². The lowest BCUT2D eigenvalue weighted by atomic mass is 11.3. The molecule has 0 aliphatic heterocycles. The van der Waals surface area contributed by atoms with Crippen LogP contribution in [-0.2, 0) is 4.79 Å². The second kappa shape index (κ2) is 43.1. The van der Waals surface area contributed by atoms with Crippen molar-refractivity contribution in [3.8, 4) is 0 Å². The first-order chi connectivity index (χ1) is 2.83. The molecule has 3 nitrogen and oxygen atoms in total. The molecule has 0 aromatic rings. The van der Waals surface area contributed by atoms with E-state index in [0.29, 0.717) is 0 Å². The van der Waals surface area contributed by atoms with Gasteiger partial charge in [-0.15, -0.1) is 12.4 Å². The minimum absolute atomic E-state index is 0. The lowest BCUT2D eigenvalue weighted by Gasteiger charge is -1.59. The first kappa shape index (κ1) is 15.9. The average Bonchev–Trinajstić information content (AvgIpc) is 1.39. The molecule has 0 aliphatic rings. The van der Waals surface area contributed by atoms with Crippen molar-refractivity contribution in [1.82, 2.24) is 5.32 Å². The third-order valence-electron chi connectivity index (χ3n) is 0. The Kier molecular flexibility index (Phi) is 97.8. The maximum Gasteiger partial charge on any atom is 0.290 e. The molecule has 0 saturated carbocycles. The van der Waals surface area contributed by atoms with Crippen molar-refractivity contribution in [2.75, 3.05) is 14.1 Å². The van der Waals surface area contributed by atoms with E-state index < -0.39 is 0 Å². The summed E-state index contributed by atoms with van der Waals surface area (Å²) in [7, 11) is 3.75. The molecule has 0 rings (SSSR count). The maximum absolute atomic E-state index is 8.36. The van der Waals surface area contributed by atoms with Crippen LogP contribution in [-0.4, -0.2) is 25.7 Å². The summed E-state index contributed by atoms with van der Waals surface area (Å²) in [4.78, 5) is 8.36. The quantitative estimate of drug-likeness (QED) is 0.449. The van der Waals surface area contributed by atoms with E-state index in [-0.39, 0.29) is 18.9 Å². The topological polar surface area (TPSA) is 49.3 Å². The van der Waals surface area contributed by atoms with Crippen LogP contribution in [0.3, 0.4) is 0 Å². The van der Waals surface area contributed by atoms with Crippen molar-refractivity contribution in [2.45, 2.75) is 0 Å². The molecule has 0 unspecified atom stereocenters. The summed E-state index contributed by atoms with van der Waals surface area (Å²) in [5, 5.41) is 9.64. The van der Waals surface area contributed by atoms with Crippen LogP contribution in [0.1, 0.15) is 0 Å². The van der Waals surface area contributed by atoms with E-state index in [2.05, 4.69) is 5.32 Å². The van der Waals surface area contributed by atoms with Crippen LogP contribution >= 0.6 is 12.4 Å². The number of nitrogens with one attached hydrogen (secondary N) is 1. The average molecular weight is 128 g/mol. The third-order valence-corrected chi connectivity index (χ3v) is 0. The fraction of sp³-hybridized carbons (Fsp3) is 0.667. The molecule has 0 bridgehead atoms. The summed E-state index contributed by atoms with van der Waals surface area (Å²) < 4.78 is 0.